The zero-order valence-corrected chi connectivity index (χ0v) is 17.7. The molecule has 170 valence electrons. The first-order valence-electron chi connectivity index (χ1n) is 9.40. The minimum Gasteiger partial charge on any atom is -0.497 e. The number of carbonyl (C=O) groups is 1. The third-order valence-corrected chi connectivity index (χ3v) is 6.34. The van der Waals surface area contributed by atoms with Crippen LogP contribution in [0.3, 0.4) is 0 Å². The lowest BCUT2D eigenvalue weighted by atomic mass is 10.1. The first-order valence-corrected chi connectivity index (χ1v) is 10.6. The molecule has 2 aromatic heterocycles. The number of benzene rings is 1. The molecule has 0 spiro atoms. The summed E-state index contributed by atoms with van der Waals surface area (Å²) in [5.74, 6) is -0.227. The van der Waals surface area contributed by atoms with Crippen molar-refractivity contribution in [3.63, 3.8) is 0 Å². The fraction of sp³-hybridized carbons (Fsp3) is 0.368. The Hall–Kier alpha value is -3.19. The number of aromatic nitrogens is 4. The molecule has 1 aromatic carbocycles. The highest BCUT2D eigenvalue weighted by Gasteiger charge is 2.53. The Morgan fingerprint density at radius 1 is 1.28 bits per heavy atom. The maximum atomic E-state index is 15.3. The number of rotatable bonds is 6. The van der Waals surface area contributed by atoms with Gasteiger partial charge in [0.2, 0.25) is 5.50 Å². The molecule has 0 radical (unpaired) electrons. The van der Waals surface area contributed by atoms with Crippen molar-refractivity contribution in [2.45, 2.75) is 41.9 Å². The number of halogens is 2. The molecule has 3 aromatic rings. The summed E-state index contributed by atoms with van der Waals surface area (Å²) in [4.78, 5) is 23.7. The number of nitrogens with zero attached hydrogens (tertiary/aromatic N) is 4. The van der Waals surface area contributed by atoms with Crippen LogP contribution < -0.4 is 10.5 Å². The van der Waals surface area contributed by atoms with Gasteiger partial charge in [0, 0.05) is 11.8 Å². The topological polar surface area (TPSA) is 131 Å². The molecule has 13 heteroatoms. The summed E-state index contributed by atoms with van der Waals surface area (Å²) in [6.45, 7) is 1.09. The van der Waals surface area contributed by atoms with Crippen LogP contribution in [0.2, 0.25) is 0 Å². The molecule has 0 bridgehead atoms. The summed E-state index contributed by atoms with van der Waals surface area (Å²) in [6, 6.07) is 5.84. The highest BCUT2D eigenvalue weighted by atomic mass is 32.2. The van der Waals surface area contributed by atoms with E-state index in [0.29, 0.717) is 5.75 Å². The summed E-state index contributed by atoms with van der Waals surface area (Å²) in [5.41, 5.74) is 3.92. The van der Waals surface area contributed by atoms with E-state index in [1.807, 2.05) is 0 Å². The molecule has 1 fully saturated rings. The van der Waals surface area contributed by atoms with Crippen molar-refractivity contribution in [3.05, 3.63) is 36.9 Å². The summed E-state index contributed by atoms with van der Waals surface area (Å²) in [7, 11) is -0.811. The first-order chi connectivity index (χ1) is 15.3. The van der Waals surface area contributed by atoms with E-state index in [1.54, 1.807) is 0 Å². The molecule has 2 unspecified atom stereocenters. The van der Waals surface area contributed by atoms with Gasteiger partial charge in [0.25, 0.3) is 0 Å². The number of hydrogen-bond donors (Lipinski definition) is 1. The molecule has 3 heterocycles. The minimum absolute atomic E-state index is 0.0770. The maximum Gasteiger partial charge on any atom is 0.303 e. The second-order valence-electron chi connectivity index (χ2n) is 6.92. The van der Waals surface area contributed by atoms with E-state index < -0.39 is 46.9 Å². The Morgan fingerprint density at radius 2 is 2.00 bits per heavy atom. The summed E-state index contributed by atoms with van der Waals surface area (Å²) < 4.78 is 60.2. The van der Waals surface area contributed by atoms with Gasteiger partial charge in [-0.25, -0.2) is 23.7 Å². The van der Waals surface area contributed by atoms with E-state index in [9.17, 15) is 9.00 Å². The maximum absolute atomic E-state index is 15.3. The van der Waals surface area contributed by atoms with Crippen LogP contribution in [-0.4, -0.2) is 60.7 Å². The lowest BCUT2D eigenvalue weighted by Crippen LogP contribution is -2.37. The molecule has 1 saturated heterocycles. The molecule has 32 heavy (non-hydrogen) atoms. The predicted octanol–water partition coefficient (Wildman–Crippen LogP) is 1.69. The Balaban J connectivity index is 1.65. The van der Waals surface area contributed by atoms with Crippen LogP contribution in [0.5, 0.6) is 5.75 Å². The molecule has 0 saturated carbocycles. The zero-order valence-electron chi connectivity index (χ0n) is 16.9. The summed E-state index contributed by atoms with van der Waals surface area (Å²) >= 11 is 0. The number of esters is 1. The number of nitrogen functional groups attached to an aromatic ring is 1. The highest BCUT2D eigenvalue weighted by molar-refractivity contribution is 7.85. The monoisotopic (exact) mass is 467 g/mol. The van der Waals surface area contributed by atoms with E-state index in [4.69, 9.17) is 19.9 Å². The number of anilines is 1. The van der Waals surface area contributed by atoms with Gasteiger partial charge in [-0.05, 0) is 24.3 Å². The SMILES string of the molecule is COc1ccc(S(=O)C(F)[C@H]2O[C@@H](n3cnc4c(N)ncnc43)[C@H](OC(C)=O)[C@@H]2F)cc1. The third-order valence-electron chi connectivity index (χ3n) is 4.92. The molecular weight excluding hydrogens is 448 g/mol. The van der Waals surface area contributed by atoms with Crippen molar-refractivity contribution in [2.75, 3.05) is 12.8 Å². The van der Waals surface area contributed by atoms with Crippen molar-refractivity contribution < 1.29 is 32.0 Å². The van der Waals surface area contributed by atoms with Crippen molar-refractivity contribution in [1.29, 1.82) is 0 Å². The number of methoxy groups -OCH3 is 1. The van der Waals surface area contributed by atoms with Crippen LogP contribution >= 0.6 is 0 Å². The van der Waals surface area contributed by atoms with Crippen LogP contribution in [0.25, 0.3) is 11.2 Å². The fourth-order valence-corrected chi connectivity index (χ4v) is 4.54. The lowest BCUT2D eigenvalue weighted by molar-refractivity contribution is -0.154. The predicted molar refractivity (Wildman–Crippen MR) is 108 cm³/mol. The smallest absolute Gasteiger partial charge is 0.303 e. The standard InChI is InChI=1S/C19H19F2N5O5S/c1-9(27)30-15-12(20)14(16(21)32(28)11-5-3-10(29-2)4-6-11)31-19(15)26-8-25-13-17(22)23-7-24-18(13)26/h3-8,12,14-16,19H,1-2H3,(H2,22,23,24)/t12-,14+,15-,16?,19-,32?/m1/s1. The van der Waals surface area contributed by atoms with Crippen molar-refractivity contribution >= 4 is 33.8 Å². The molecule has 1 aliphatic rings. The number of alkyl halides is 2. The van der Waals surface area contributed by atoms with Gasteiger partial charge >= 0.3 is 5.97 Å². The molecule has 2 N–H and O–H groups in total. The second-order valence-corrected chi connectivity index (χ2v) is 8.43. The minimum atomic E-state index is -2.27. The van der Waals surface area contributed by atoms with Crippen molar-refractivity contribution in [2.24, 2.45) is 0 Å². The normalized spacial score (nSPS) is 24.9. The van der Waals surface area contributed by atoms with Crippen LogP contribution in [0.15, 0.2) is 41.8 Å². The van der Waals surface area contributed by atoms with Crippen LogP contribution in [0.4, 0.5) is 14.6 Å². The third kappa shape index (κ3) is 3.88. The summed E-state index contributed by atoms with van der Waals surface area (Å²) in [6.07, 6.45) is -4.32. The quantitative estimate of drug-likeness (QED) is 0.538. The number of ether oxygens (including phenoxy) is 3. The van der Waals surface area contributed by atoms with Gasteiger partial charge in [-0.1, -0.05) is 0 Å². The Bertz CT molecular complexity index is 1160. The van der Waals surface area contributed by atoms with Crippen molar-refractivity contribution in [3.8, 4) is 5.75 Å². The molecule has 10 nitrogen and oxygen atoms in total. The number of carbonyl (C=O) groups excluding carboxylic acids is 1. The van der Waals surface area contributed by atoms with Gasteiger partial charge in [-0.15, -0.1) is 0 Å². The van der Waals surface area contributed by atoms with E-state index in [1.165, 1.54) is 48.6 Å². The van der Waals surface area contributed by atoms with E-state index in [0.717, 1.165) is 6.92 Å². The average molecular weight is 467 g/mol. The second kappa shape index (κ2) is 8.74. The Morgan fingerprint density at radius 3 is 2.66 bits per heavy atom. The lowest BCUT2D eigenvalue weighted by Gasteiger charge is -2.20. The molecular formula is C19H19F2N5O5S. The molecule has 1 aliphatic heterocycles. The zero-order chi connectivity index (χ0) is 23.0. The molecule has 4 rings (SSSR count). The molecule has 0 aliphatic carbocycles. The van der Waals surface area contributed by atoms with E-state index >= 15 is 8.78 Å². The number of imidazole rings is 1. The highest BCUT2D eigenvalue weighted by Crippen LogP contribution is 2.39. The fourth-order valence-electron chi connectivity index (χ4n) is 3.42. The van der Waals surface area contributed by atoms with E-state index in [2.05, 4.69) is 15.0 Å². The van der Waals surface area contributed by atoms with Crippen LogP contribution in [0, 0.1) is 0 Å². The number of fused-ring (bicyclic) bond motifs is 1. The van der Waals surface area contributed by atoms with Gasteiger partial charge in [0.1, 0.15) is 23.7 Å². The van der Waals surface area contributed by atoms with Crippen LogP contribution in [0.1, 0.15) is 13.2 Å². The van der Waals surface area contributed by atoms with Crippen molar-refractivity contribution in [1.82, 2.24) is 19.5 Å². The van der Waals surface area contributed by atoms with Crippen LogP contribution in [-0.2, 0) is 25.1 Å². The summed E-state index contributed by atoms with van der Waals surface area (Å²) in [5, 5.41) is 0. The largest absolute Gasteiger partial charge is 0.497 e. The Kier molecular flexibility index (Phi) is 6.02. The van der Waals surface area contributed by atoms with Gasteiger partial charge in [0.15, 0.2) is 30.0 Å². The molecule has 0 amide bonds. The van der Waals surface area contributed by atoms with E-state index in [-0.39, 0.29) is 21.9 Å². The Labute approximate surface area is 183 Å². The molecule has 6 atom stereocenters. The average Bonchev–Trinajstić information content (AvgIpc) is 3.35. The first kappa shape index (κ1) is 22.0. The van der Waals surface area contributed by atoms with Gasteiger partial charge in [-0.2, -0.15) is 0 Å². The van der Waals surface area contributed by atoms with Gasteiger partial charge < -0.3 is 19.9 Å². The van der Waals surface area contributed by atoms with Gasteiger partial charge in [-0.3, -0.25) is 13.6 Å². The van der Waals surface area contributed by atoms with Gasteiger partial charge in [0.05, 0.1) is 24.2 Å². The number of nitrogens with two attached hydrogens (primary N) is 1. The number of hydrogen-bond acceptors (Lipinski definition) is 9.